The molecule has 1 aromatic rings. The zero-order valence-electron chi connectivity index (χ0n) is 10.2. The Bertz CT molecular complexity index is 374. The second-order valence-corrected chi connectivity index (χ2v) is 5.96. The molecular weight excluding hydrogens is 198 g/mol. The molecule has 16 heavy (non-hydrogen) atoms. The van der Waals surface area contributed by atoms with Gasteiger partial charge in [0.1, 0.15) is 0 Å². The van der Waals surface area contributed by atoms with E-state index in [2.05, 4.69) is 34.9 Å². The standard InChI is InChI=1S/C13H21N3/c1-13(2)7-12(13)16-9-15-8-11(16)10-3-5-14-6-4-10/h8-10,12,14H,3-7H2,1-2H3. The quantitative estimate of drug-likeness (QED) is 0.827. The van der Waals surface area contributed by atoms with Crippen molar-refractivity contribution < 1.29 is 0 Å². The number of hydrogen-bond donors (Lipinski definition) is 1. The second kappa shape index (κ2) is 3.59. The van der Waals surface area contributed by atoms with Crippen LogP contribution in [-0.2, 0) is 0 Å². The summed E-state index contributed by atoms with van der Waals surface area (Å²) in [5.74, 6) is 0.722. The molecule has 2 heterocycles. The summed E-state index contributed by atoms with van der Waals surface area (Å²) in [4.78, 5) is 4.37. The van der Waals surface area contributed by atoms with Crippen molar-refractivity contribution in [2.75, 3.05) is 13.1 Å². The maximum Gasteiger partial charge on any atom is 0.0951 e. The first-order chi connectivity index (χ1) is 7.68. The minimum atomic E-state index is 0.488. The number of hydrogen-bond acceptors (Lipinski definition) is 2. The van der Waals surface area contributed by atoms with Crippen LogP contribution in [0.15, 0.2) is 12.5 Å². The fourth-order valence-electron chi connectivity index (χ4n) is 2.92. The molecule has 1 atom stereocenters. The summed E-state index contributed by atoms with van der Waals surface area (Å²) in [5, 5.41) is 3.43. The van der Waals surface area contributed by atoms with Gasteiger partial charge < -0.3 is 9.88 Å². The average Bonchev–Trinajstić information content (AvgIpc) is 2.75. The molecule has 88 valence electrons. The summed E-state index contributed by atoms with van der Waals surface area (Å²) < 4.78 is 2.44. The molecule has 1 aromatic heterocycles. The molecule has 3 nitrogen and oxygen atoms in total. The van der Waals surface area contributed by atoms with Crippen LogP contribution < -0.4 is 5.32 Å². The van der Waals surface area contributed by atoms with Crippen molar-refractivity contribution in [3.63, 3.8) is 0 Å². The molecule has 0 bridgehead atoms. The molecule has 1 saturated heterocycles. The molecule has 0 amide bonds. The Morgan fingerprint density at radius 1 is 1.38 bits per heavy atom. The minimum absolute atomic E-state index is 0.488. The Labute approximate surface area is 97.3 Å². The molecule has 3 rings (SSSR count). The fraction of sp³-hybridized carbons (Fsp3) is 0.769. The fourth-order valence-corrected chi connectivity index (χ4v) is 2.92. The summed E-state index contributed by atoms with van der Waals surface area (Å²) in [5.41, 5.74) is 1.96. The van der Waals surface area contributed by atoms with Crippen LogP contribution >= 0.6 is 0 Å². The van der Waals surface area contributed by atoms with E-state index in [0.29, 0.717) is 11.5 Å². The van der Waals surface area contributed by atoms with Crippen molar-refractivity contribution in [3.05, 3.63) is 18.2 Å². The zero-order chi connectivity index (χ0) is 11.2. The van der Waals surface area contributed by atoms with Crippen LogP contribution in [0.3, 0.4) is 0 Å². The van der Waals surface area contributed by atoms with Gasteiger partial charge in [0.2, 0.25) is 0 Å². The third kappa shape index (κ3) is 1.67. The van der Waals surface area contributed by atoms with E-state index in [0.717, 1.165) is 19.0 Å². The van der Waals surface area contributed by atoms with E-state index in [1.807, 2.05) is 6.33 Å². The van der Waals surface area contributed by atoms with Crippen LogP contribution in [0.2, 0.25) is 0 Å². The summed E-state index contributed by atoms with van der Waals surface area (Å²) in [7, 11) is 0. The van der Waals surface area contributed by atoms with Gasteiger partial charge in [-0.3, -0.25) is 0 Å². The molecule has 3 heteroatoms. The highest BCUT2D eigenvalue weighted by Gasteiger charge is 2.47. The lowest BCUT2D eigenvalue weighted by atomic mass is 9.95. The van der Waals surface area contributed by atoms with Gasteiger partial charge in [0, 0.05) is 23.9 Å². The van der Waals surface area contributed by atoms with Crippen LogP contribution in [0.1, 0.15) is 50.8 Å². The highest BCUT2D eigenvalue weighted by Crippen LogP contribution is 2.56. The van der Waals surface area contributed by atoms with Gasteiger partial charge in [0.15, 0.2) is 0 Å². The van der Waals surface area contributed by atoms with Crippen LogP contribution in [0.25, 0.3) is 0 Å². The first kappa shape index (κ1) is 10.3. The normalized spacial score (nSPS) is 29.2. The Hall–Kier alpha value is -0.830. The van der Waals surface area contributed by atoms with Gasteiger partial charge in [-0.25, -0.2) is 4.98 Å². The van der Waals surface area contributed by atoms with Gasteiger partial charge in [-0.15, -0.1) is 0 Å². The monoisotopic (exact) mass is 219 g/mol. The number of nitrogens with one attached hydrogen (secondary N) is 1. The summed E-state index contributed by atoms with van der Waals surface area (Å²) in [6.45, 7) is 7.02. The van der Waals surface area contributed by atoms with Gasteiger partial charge >= 0.3 is 0 Å². The van der Waals surface area contributed by atoms with Gasteiger partial charge in [0.05, 0.1) is 6.33 Å². The van der Waals surface area contributed by atoms with Crippen molar-refractivity contribution in [2.24, 2.45) is 5.41 Å². The number of piperidine rings is 1. The molecule has 1 saturated carbocycles. The van der Waals surface area contributed by atoms with Crippen molar-refractivity contribution in [2.45, 2.75) is 45.1 Å². The topological polar surface area (TPSA) is 29.9 Å². The molecule has 0 aromatic carbocycles. The predicted molar refractivity (Wildman–Crippen MR) is 64.5 cm³/mol. The summed E-state index contributed by atoms with van der Waals surface area (Å²) >= 11 is 0. The molecular formula is C13H21N3. The van der Waals surface area contributed by atoms with Gasteiger partial charge in [-0.05, 0) is 37.8 Å². The Balaban J connectivity index is 1.82. The maximum absolute atomic E-state index is 4.37. The van der Waals surface area contributed by atoms with Crippen molar-refractivity contribution in [1.82, 2.24) is 14.9 Å². The second-order valence-electron chi connectivity index (χ2n) is 5.96. The van der Waals surface area contributed by atoms with Crippen molar-refractivity contribution >= 4 is 0 Å². The number of nitrogens with zero attached hydrogens (tertiary/aromatic N) is 2. The molecule has 1 aliphatic heterocycles. The molecule has 0 radical (unpaired) electrons. The highest BCUT2D eigenvalue weighted by molar-refractivity contribution is 5.14. The Morgan fingerprint density at radius 2 is 2.06 bits per heavy atom. The lowest BCUT2D eigenvalue weighted by Gasteiger charge is -2.24. The number of rotatable bonds is 2. The van der Waals surface area contributed by atoms with E-state index < -0.39 is 0 Å². The van der Waals surface area contributed by atoms with E-state index in [1.54, 1.807) is 0 Å². The number of aromatic nitrogens is 2. The first-order valence-electron chi connectivity index (χ1n) is 6.41. The van der Waals surface area contributed by atoms with E-state index in [1.165, 1.54) is 25.0 Å². The third-order valence-corrected chi connectivity index (χ3v) is 4.25. The number of imidazole rings is 1. The van der Waals surface area contributed by atoms with Crippen LogP contribution in [-0.4, -0.2) is 22.6 Å². The Kier molecular flexibility index (Phi) is 2.32. The average molecular weight is 219 g/mol. The third-order valence-electron chi connectivity index (χ3n) is 4.25. The van der Waals surface area contributed by atoms with Crippen molar-refractivity contribution in [3.8, 4) is 0 Å². The molecule has 2 fully saturated rings. The molecule has 0 spiro atoms. The van der Waals surface area contributed by atoms with E-state index in [9.17, 15) is 0 Å². The van der Waals surface area contributed by atoms with Gasteiger partial charge in [-0.2, -0.15) is 0 Å². The van der Waals surface area contributed by atoms with Crippen LogP contribution in [0.5, 0.6) is 0 Å². The minimum Gasteiger partial charge on any atom is -0.331 e. The zero-order valence-corrected chi connectivity index (χ0v) is 10.2. The van der Waals surface area contributed by atoms with E-state index >= 15 is 0 Å². The molecule has 1 N–H and O–H groups in total. The lowest BCUT2D eigenvalue weighted by molar-refractivity contribution is 0.429. The SMILES string of the molecule is CC1(C)CC1n1cncc1C1CCNCC1. The van der Waals surface area contributed by atoms with E-state index in [4.69, 9.17) is 0 Å². The molecule has 1 unspecified atom stereocenters. The first-order valence-corrected chi connectivity index (χ1v) is 6.41. The Morgan fingerprint density at radius 3 is 2.69 bits per heavy atom. The summed E-state index contributed by atoms with van der Waals surface area (Å²) in [6.07, 6.45) is 7.96. The maximum atomic E-state index is 4.37. The van der Waals surface area contributed by atoms with Crippen LogP contribution in [0.4, 0.5) is 0 Å². The van der Waals surface area contributed by atoms with Gasteiger partial charge in [-0.1, -0.05) is 13.8 Å². The summed E-state index contributed by atoms with van der Waals surface area (Å²) in [6, 6.07) is 0.694. The molecule has 1 aliphatic carbocycles. The lowest BCUT2D eigenvalue weighted by Crippen LogP contribution is -2.27. The van der Waals surface area contributed by atoms with Gasteiger partial charge in [0.25, 0.3) is 0 Å². The van der Waals surface area contributed by atoms with Crippen molar-refractivity contribution in [1.29, 1.82) is 0 Å². The van der Waals surface area contributed by atoms with E-state index in [-0.39, 0.29) is 0 Å². The molecule has 2 aliphatic rings. The largest absolute Gasteiger partial charge is 0.331 e. The smallest absolute Gasteiger partial charge is 0.0951 e. The predicted octanol–water partition coefficient (Wildman–Crippen LogP) is 2.32. The highest BCUT2D eigenvalue weighted by atomic mass is 15.1. The van der Waals surface area contributed by atoms with Crippen LogP contribution in [0, 0.1) is 5.41 Å².